The predicted octanol–water partition coefficient (Wildman–Crippen LogP) is 4.64. The van der Waals surface area contributed by atoms with Crippen LogP contribution in [0.2, 0.25) is 0 Å². The minimum atomic E-state index is -0.554. The third-order valence-corrected chi connectivity index (χ3v) is 4.12. The summed E-state index contributed by atoms with van der Waals surface area (Å²) in [5.41, 5.74) is 0.285. The lowest BCUT2D eigenvalue weighted by atomic mass is 10.1. The van der Waals surface area contributed by atoms with Gasteiger partial charge >= 0.3 is 6.09 Å². The Morgan fingerprint density at radius 3 is 2.07 bits per heavy atom. The van der Waals surface area contributed by atoms with Crippen molar-refractivity contribution in [3.63, 3.8) is 0 Å². The normalized spacial score (nSPS) is 11.5. The molecular weight excluding hydrogens is 386 g/mol. The lowest BCUT2D eigenvalue weighted by molar-refractivity contribution is 0.0520. The molecule has 0 aliphatic heterocycles. The Kier molecular flexibility index (Phi) is 6.50. The van der Waals surface area contributed by atoms with Crippen molar-refractivity contribution in [3.8, 4) is 11.5 Å². The number of amides is 1. The van der Waals surface area contributed by atoms with Gasteiger partial charge in [0.2, 0.25) is 5.43 Å². The topological polar surface area (TPSA) is 87.0 Å². The molecule has 1 aromatic heterocycles. The summed E-state index contributed by atoms with van der Waals surface area (Å²) in [7, 11) is 0. The Hall–Kier alpha value is -3.22. The predicted molar refractivity (Wildman–Crippen MR) is 116 cm³/mol. The molecule has 3 aromatic rings. The van der Waals surface area contributed by atoms with Crippen molar-refractivity contribution >= 4 is 28.0 Å². The van der Waals surface area contributed by atoms with Crippen LogP contribution >= 0.6 is 0 Å². The molecule has 2 aromatic carbocycles. The Bertz CT molecular complexity index is 1100. The van der Waals surface area contributed by atoms with E-state index in [1.165, 1.54) is 0 Å². The van der Waals surface area contributed by atoms with Gasteiger partial charge in [-0.15, -0.1) is 0 Å². The average Bonchev–Trinajstić information content (AvgIpc) is 2.69. The van der Waals surface area contributed by atoms with Gasteiger partial charge in [0.1, 0.15) is 34.9 Å². The lowest BCUT2D eigenvalue weighted by Crippen LogP contribution is -2.34. The molecule has 0 aliphatic rings. The summed E-state index contributed by atoms with van der Waals surface area (Å²) in [4.78, 5) is 24.6. The first-order valence-corrected chi connectivity index (χ1v) is 10.00. The highest BCUT2D eigenvalue weighted by atomic mass is 16.6. The van der Waals surface area contributed by atoms with Gasteiger partial charge in [-0.05, 0) is 63.6 Å². The van der Waals surface area contributed by atoms with Gasteiger partial charge in [-0.3, -0.25) is 4.79 Å². The number of fused-ring (bicyclic) bond motifs is 2. The molecule has 0 fully saturated rings. The van der Waals surface area contributed by atoms with E-state index in [0.29, 0.717) is 40.0 Å². The number of benzene rings is 2. The second-order valence-electron chi connectivity index (χ2n) is 7.87. The fraction of sp³-hybridized carbons (Fsp3) is 0.391. The molecular formula is C23H27NO6. The van der Waals surface area contributed by atoms with Crippen LogP contribution in [0.3, 0.4) is 0 Å². The van der Waals surface area contributed by atoms with Crippen LogP contribution in [0.1, 0.15) is 34.1 Å². The molecule has 0 saturated heterocycles. The van der Waals surface area contributed by atoms with E-state index < -0.39 is 11.7 Å². The molecule has 3 rings (SSSR count). The van der Waals surface area contributed by atoms with Crippen LogP contribution in [0.15, 0.2) is 45.6 Å². The van der Waals surface area contributed by atoms with Gasteiger partial charge in [-0.2, -0.15) is 0 Å². The van der Waals surface area contributed by atoms with E-state index in [1.54, 1.807) is 57.2 Å². The van der Waals surface area contributed by atoms with Gasteiger partial charge in [-0.1, -0.05) is 6.92 Å². The largest absolute Gasteiger partial charge is 0.494 e. The zero-order valence-electron chi connectivity index (χ0n) is 17.7. The van der Waals surface area contributed by atoms with Crippen molar-refractivity contribution < 1.29 is 23.4 Å². The Morgan fingerprint density at radius 2 is 1.53 bits per heavy atom. The van der Waals surface area contributed by atoms with E-state index in [4.69, 9.17) is 18.6 Å². The molecule has 30 heavy (non-hydrogen) atoms. The van der Waals surface area contributed by atoms with Crippen LogP contribution in [0.25, 0.3) is 21.9 Å². The Morgan fingerprint density at radius 1 is 0.967 bits per heavy atom. The van der Waals surface area contributed by atoms with Crippen LogP contribution in [-0.4, -0.2) is 31.5 Å². The molecule has 0 aliphatic carbocycles. The first-order chi connectivity index (χ1) is 14.3. The van der Waals surface area contributed by atoms with Crippen LogP contribution in [0.4, 0.5) is 4.79 Å². The second kappa shape index (κ2) is 9.07. The summed E-state index contributed by atoms with van der Waals surface area (Å²) in [5, 5.41) is 3.51. The summed E-state index contributed by atoms with van der Waals surface area (Å²) in [6.07, 6.45) is 0.381. The standard InChI is InChI=1S/C23H27NO6/c1-5-11-27-15-6-8-19-17(13-15)21(25)18-14-16(7-9-20(18)29-19)28-12-10-24-22(26)30-23(2,3)4/h6-9,13-14H,5,10-12H2,1-4H3,(H,24,26). The molecule has 7 nitrogen and oxygen atoms in total. The zero-order chi connectivity index (χ0) is 21.7. The minimum Gasteiger partial charge on any atom is -0.494 e. The second-order valence-corrected chi connectivity index (χ2v) is 7.87. The molecule has 7 heteroatoms. The molecule has 1 N–H and O–H groups in total. The molecule has 0 radical (unpaired) electrons. The number of ether oxygens (including phenoxy) is 3. The molecule has 0 unspecified atom stereocenters. The summed E-state index contributed by atoms with van der Waals surface area (Å²) < 4.78 is 22.3. The van der Waals surface area contributed by atoms with Crippen molar-refractivity contribution in [1.29, 1.82) is 0 Å². The molecule has 0 saturated carbocycles. The highest BCUT2D eigenvalue weighted by molar-refractivity contribution is 5.90. The van der Waals surface area contributed by atoms with Gasteiger partial charge in [0.25, 0.3) is 0 Å². The lowest BCUT2D eigenvalue weighted by Gasteiger charge is -2.19. The van der Waals surface area contributed by atoms with Gasteiger partial charge < -0.3 is 23.9 Å². The summed E-state index contributed by atoms with van der Waals surface area (Å²) in [6.45, 7) is 8.51. The number of carbonyl (C=O) groups excluding carboxylic acids is 1. The highest BCUT2D eigenvalue weighted by Gasteiger charge is 2.15. The maximum absolute atomic E-state index is 13.0. The van der Waals surface area contributed by atoms with Gasteiger partial charge in [0, 0.05) is 0 Å². The Balaban J connectivity index is 1.73. The maximum atomic E-state index is 13.0. The summed E-state index contributed by atoms with van der Waals surface area (Å²) >= 11 is 0. The maximum Gasteiger partial charge on any atom is 0.407 e. The third kappa shape index (κ3) is 5.43. The quantitative estimate of drug-likeness (QED) is 0.449. The average molecular weight is 413 g/mol. The monoisotopic (exact) mass is 413 g/mol. The number of carbonyl (C=O) groups is 1. The molecule has 0 spiro atoms. The van der Waals surface area contributed by atoms with Crippen LogP contribution in [-0.2, 0) is 4.74 Å². The van der Waals surface area contributed by atoms with E-state index in [1.807, 2.05) is 6.92 Å². The van der Waals surface area contributed by atoms with Crippen LogP contribution in [0, 0.1) is 0 Å². The summed E-state index contributed by atoms with van der Waals surface area (Å²) in [6, 6.07) is 10.3. The van der Waals surface area contributed by atoms with Gasteiger partial charge in [0.15, 0.2) is 0 Å². The summed E-state index contributed by atoms with van der Waals surface area (Å²) in [5.74, 6) is 1.15. The van der Waals surface area contributed by atoms with Crippen molar-refractivity contribution in [3.05, 3.63) is 46.6 Å². The van der Waals surface area contributed by atoms with Gasteiger partial charge in [0.05, 0.1) is 23.9 Å². The number of rotatable bonds is 7. The van der Waals surface area contributed by atoms with Crippen molar-refractivity contribution in [2.45, 2.75) is 39.7 Å². The minimum absolute atomic E-state index is 0.148. The van der Waals surface area contributed by atoms with Crippen molar-refractivity contribution in [2.75, 3.05) is 19.8 Å². The van der Waals surface area contributed by atoms with E-state index in [0.717, 1.165) is 6.42 Å². The van der Waals surface area contributed by atoms with Crippen molar-refractivity contribution in [2.24, 2.45) is 0 Å². The van der Waals surface area contributed by atoms with Crippen molar-refractivity contribution in [1.82, 2.24) is 5.32 Å². The number of hydrogen-bond acceptors (Lipinski definition) is 6. The van der Waals surface area contributed by atoms with E-state index >= 15 is 0 Å². The SMILES string of the molecule is CCCOc1ccc2oc3ccc(OCCNC(=O)OC(C)(C)C)cc3c(=O)c2c1. The fourth-order valence-electron chi connectivity index (χ4n) is 2.85. The number of hydrogen-bond donors (Lipinski definition) is 1. The number of alkyl carbamates (subject to hydrolysis) is 1. The zero-order valence-corrected chi connectivity index (χ0v) is 17.7. The van der Waals surface area contributed by atoms with E-state index in [2.05, 4.69) is 5.32 Å². The van der Waals surface area contributed by atoms with Gasteiger partial charge in [-0.25, -0.2) is 4.79 Å². The fourth-order valence-corrected chi connectivity index (χ4v) is 2.85. The Labute approximate surface area is 174 Å². The highest BCUT2D eigenvalue weighted by Crippen LogP contribution is 2.25. The number of nitrogens with one attached hydrogen (secondary N) is 1. The van der Waals surface area contributed by atoms with Crippen LogP contribution in [0.5, 0.6) is 11.5 Å². The molecule has 0 atom stereocenters. The first-order valence-electron chi connectivity index (χ1n) is 10.00. The smallest absolute Gasteiger partial charge is 0.407 e. The first kappa shape index (κ1) is 21.5. The van der Waals surface area contributed by atoms with E-state index in [9.17, 15) is 9.59 Å². The molecule has 0 bridgehead atoms. The third-order valence-electron chi connectivity index (χ3n) is 4.12. The van der Waals surface area contributed by atoms with Crippen LogP contribution < -0.4 is 20.2 Å². The molecule has 160 valence electrons. The molecule has 1 amide bonds. The molecule has 1 heterocycles. The van der Waals surface area contributed by atoms with E-state index in [-0.39, 0.29) is 18.6 Å².